The van der Waals surface area contributed by atoms with Gasteiger partial charge < -0.3 is 14.5 Å². The van der Waals surface area contributed by atoms with Crippen LogP contribution in [0.5, 0.6) is 0 Å². The molecule has 12 heteroatoms. The quantitative estimate of drug-likeness (QED) is 0.522. The van der Waals surface area contributed by atoms with Gasteiger partial charge in [0, 0.05) is 38.3 Å². The van der Waals surface area contributed by atoms with Gasteiger partial charge in [-0.1, -0.05) is 11.6 Å². The highest BCUT2D eigenvalue weighted by molar-refractivity contribution is 6.30. The first-order valence-electron chi connectivity index (χ1n) is 14.8. The van der Waals surface area contributed by atoms with Gasteiger partial charge in [-0.05, 0) is 68.6 Å². The zero-order valence-electron chi connectivity index (χ0n) is 23.3. The molecule has 4 fully saturated rings. The normalized spacial score (nSPS) is 24.7. The molecule has 1 atom stereocenters. The first-order valence-corrected chi connectivity index (χ1v) is 15.1. The molecule has 2 aromatic rings. The summed E-state index contributed by atoms with van der Waals surface area (Å²) < 4.78 is 6.49. The number of carbonyl (C=O) groups is 4. The molecule has 0 radical (unpaired) electrons. The molecule has 0 bridgehead atoms. The Morgan fingerprint density at radius 1 is 0.857 bits per heavy atom. The number of nitrogens with zero attached hydrogens (tertiary/aromatic N) is 5. The summed E-state index contributed by atoms with van der Waals surface area (Å²) in [4.78, 5) is 64.3. The highest BCUT2D eigenvalue weighted by Crippen LogP contribution is 2.51. The molecular formula is C30H33ClN6O5. The number of halogens is 1. The molecule has 42 heavy (non-hydrogen) atoms. The van der Waals surface area contributed by atoms with Crippen LogP contribution in [-0.2, 0) is 14.3 Å². The SMILES string of the molecule is O=C1CCC(N2C(=O)c3ccc(N4CCC5(CC4)CC(OC4CCN(c6ncc(Cl)cn6)CC4)C5)cc3C2=O)C(=O)N1. The van der Waals surface area contributed by atoms with Crippen molar-refractivity contribution in [3.63, 3.8) is 0 Å². The molecule has 1 aromatic heterocycles. The lowest BCUT2D eigenvalue weighted by atomic mass is 9.61. The van der Waals surface area contributed by atoms with Gasteiger partial charge in [0.2, 0.25) is 17.8 Å². The van der Waals surface area contributed by atoms with E-state index in [-0.39, 0.29) is 24.9 Å². The highest BCUT2D eigenvalue weighted by Gasteiger charge is 2.48. The summed E-state index contributed by atoms with van der Waals surface area (Å²) in [7, 11) is 0. The largest absolute Gasteiger partial charge is 0.375 e. The van der Waals surface area contributed by atoms with Crippen molar-refractivity contribution >= 4 is 46.9 Å². The second-order valence-corrected chi connectivity index (χ2v) is 12.7. The van der Waals surface area contributed by atoms with Crippen LogP contribution in [0, 0.1) is 5.41 Å². The van der Waals surface area contributed by atoms with Crippen LogP contribution in [0.1, 0.15) is 72.1 Å². The second kappa shape index (κ2) is 10.6. The lowest BCUT2D eigenvalue weighted by Crippen LogP contribution is -2.54. The molecule has 5 aliphatic rings. The Hall–Kier alpha value is -3.57. The Balaban J connectivity index is 0.905. The number of hydrogen-bond acceptors (Lipinski definition) is 9. The highest BCUT2D eigenvalue weighted by atomic mass is 35.5. The number of aromatic nitrogens is 2. The Bertz CT molecular complexity index is 1430. The van der Waals surface area contributed by atoms with Gasteiger partial charge in [0.25, 0.3) is 11.8 Å². The van der Waals surface area contributed by atoms with Crippen LogP contribution >= 0.6 is 11.6 Å². The topological polar surface area (TPSA) is 125 Å². The fourth-order valence-corrected chi connectivity index (χ4v) is 7.34. The van der Waals surface area contributed by atoms with E-state index in [1.165, 1.54) is 0 Å². The van der Waals surface area contributed by atoms with Gasteiger partial charge in [-0.3, -0.25) is 29.4 Å². The number of amides is 4. The molecule has 1 aromatic carbocycles. The molecule has 220 valence electrons. The van der Waals surface area contributed by atoms with E-state index in [2.05, 4.69) is 25.1 Å². The standard InChI is InChI=1S/C30H33ClN6O5/c31-18-16-32-29(33-17-18)36-9-5-20(6-10-36)42-21-14-30(15-21)7-11-35(12-8-30)19-1-2-22-23(13-19)28(41)37(27(22)40)24-3-4-25(38)34-26(24)39/h1-2,13,16-17,20-21,24H,3-12,14-15H2,(H,34,38,39). The number of ether oxygens (including phenoxy) is 1. The van der Waals surface area contributed by atoms with Crippen LogP contribution in [0.3, 0.4) is 0 Å². The number of piperidine rings is 3. The molecular weight excluding hydrogens is 560 g/mol. The van der Waals surface area contributed by atoms with Crippen molar-refractivity contribution in [1.29, 1.82) is 0 Å². The molecule has 4 amide bonds. The van der Waals surface area contributed by atoms with E-state index in [9.17, 15) is 19.2 Å². The number of carbonyl (C=O) groups excluding carboxylic acids is 4. The van der Waals surface area contributed by atoms with Crippen LogP contribution in [0.4, 0.5) is 11.6 Å². The van der Waals surface area contributed by atoms with E-state index in [1.807, 2.05) is 6.07 Å². The molecule has 1 aliphatic carbocycles. The van der Waals surface area contributed by atoms with Crippen LogP contribution in [0.15, 0.2) is 30.6 Å². The number of benzene rings is 1. The fraction of sp³-hybridized carbons (Fsp3) is 0.533. The first-order chi connectivity index (χ1) is 20.3. The molecule has 5 heterocycles. The Labute approximate surface area is 248 Å². The number of hydrogen-bond donors (Lipinski definition) is 1. The zero-order chi connectivity index (χ0) is 29.0. The second-order valence-electron chi connectivity index (χ2n) is 12.2. The average Bonchev–Trinajstić information content (AvgIpc) is 3.22. The van der Waals surface area contributed by atoms with E-state index >= 15 is 0 Å². The van der Waals surface area contributed by atoms with Crippen LogP contribution in [-0.4, -0.2) is 82.9 Å². The van der Waals surface area contributed by atoms with Crippen molar-refractivity contribution < 1.29 is 23.9 Å². The summed E-state index contributed by atoms with van der Waals surface area (Å²) in [6.45, 7) is 3.51. The van der Waals surface area contributed by atoms with Gasteiger partial charge in [-0.15, -0.1) is 0 Å². The molecule has 7 rings (SSSR count). The minimum absolute atomic E-state index is 0.107. The van der Waals surface area contributed by atoms with Crippen molar-refractivity contribution in [3.05, 3.63) is 46.7 Å². The van der Waals surface area contributed by atoms with Gasteiger partial charge in [0.1, 0.15) is 6.04 Å². The van der Waals surface area contributed by atoms with Crippen LogP contribution in [0.2, 0.25) is 5.02 Å². The van der Waals surface area contributed by atoms with E-state index in [4.69, 9.17) is 16.3 Å². The molecule has 1 N–H and O–H groups in total. The average molecular weight is 593 g/mol. The van der Waals surface area contributed by atoms with Crippen LogP contribution < -0.4 is 15.1 Å². The summed E-state index contributed by atoms with van der Waals surface area (Å²) in [5, 5.41) is 2.78. The Morgan fingerprint density at radius 2 is 1.55 bits per heavy atom. The van der Waals surface area contributed by atoms with E-state index in [1.54, 1.807) is 24.5 Å². The monoisotopic (exact) mass is 592 g/mol. The van der Waals surface area contributed by atoms with Gasteiger partial charge in [-0.2, -0.15) is 0 Å². The summed E-state index contributed by atoms with van der Waals surface area (Å²) in [5.41, 5.74) is 1.86. The van der Waals surface area contributed by atoms with Crippen molar-refractivity contribution in [2.75, 3.05) is 36.0 Å². The van der Waals surface area contributed by atoms with E-state index in [0.29, 0.717) is 27.7 Å². The Morgan fingerprint density at radius 3 is 2.24 bits per heavy atom. The van der Waals surface area contributed by atoms with Crippen molar-refractivity contribution in [1.82, 2.24) is 20.2 Å². The third kappa shape index (κ3) is 4.92. The van der Waals surface area contributed by atoms with Gasteiger partial charge in [0.15, 0.2) is 0 Å². The Kier molecular flexibility index (Phi) is 6.89. The predicted octanol–water partition coefficient (Wildman–Crippen LogP) is 2.97. The zero-order valence-corrected chi connectivity index (χ0v) is 24.0. The smallest absolute Gasteiger partial charge is 0.262 e. The molecule has 1 unspecified atom stereocenters. The minimum atomic E-state index is -0.952. The summed E-state index contributed by atoms with van der Waals surface area (Å²) >= 11 is 5.91. The molecule has 1 saturated carbocycles. The van der Waals surface area contributed by atoms with Crippen LogP contribution in [0.25, 0.3) is 0 Å². The third-order valence-electron chi connectivity index (χ3n) is 9.65. The van der Waals surface area contributed by atoms with E-state index < -0.39 is 23.8 Å². The predicted molar refractivity (Wildman–Crippen MR) is 153 cm³/mol. The van der Waals surface area contributed by atoms with Gasteiger partial charge in [0.05, 0.1) is 40.8 Å². The maximum Gasteiger partial charge on any atom is 0.262 e. The van der Waals surface area contributed by atoms with Crippen molar-refractivity contribution in [2.24, 2.45) is 5.41 Å². The summed E-state index contributed by atoms with van der Waals surface area (Å²) in [5.74, 6) is -1.20. The number of nitrogens with one attached hydrogen (secondary N) is 1. The number of imide groups is 2. The fourth-order valence-electron chi connectivity index (χ4n) is 7.24. The number of rotatable bonds is 5. The van der Waals surface area contributed by atoms with Gasteiger partial charge in [-0.25, -0.2) is 9.97 Å². The molecule has 11 nitrogen and oxygen atoms in total. The maximum atomic E-state index is 13.2. The number of fused-ring (bicyclic) bond motifs is 1. The van der Waals surface area contributed by atoms with Crippen molar-refractivity contribution in [2.45, 2.75) is 69.6 Å². The number of anilines is 2. The maximum absolute atomic E-state index is 13.2. The molecule has 1 spiro atoms. The molecule has 4 aliphatic heterocycles. The summed E-state index contributed by atoms with van der Waals surface area (Å²) in [6.07, 6.45) is 10.3. The first kappa shape index (κ1) is 27.3. The summed E-state index contributed by atoms with van der Waals surface area (Å²) in [6, 6.07) is 4.42. The molecule has 3 saturated heterocycles. The minimum Gasteiger partial charge on any atom is -0.375 e. The van der Waals surface area contributed by atoms with Crippen molar-refractivity contribution in [3.8, 4) is 0 Å². The van der Waals surface area contributed by atoms with E-state index in [0.717, 1.165) is 81.2 Å². The lowest BCUT2D eigenvalue weighted by molar-refractivity contribution is -0.136. The lowest BCUT2D eigenvalue weighted by Gasteiger charge is -2.53. The third-order valence-corrected chi connectivity index (χ3v) is 9.85. The van der Waals surface area contributed by atoms with Gasteiger partial charge >= 0.3 is 0 Å².